The molecule has 1 atom stereocenters. The molecule has 1 unspecified atom stereocenters. The standard InChI is InChI=1S/C26H33Cl2N5O4S/c1-15-22(38-16-8-12-29-20(28)18(16)27)32-19(23(34)36-5)21(30-15)33-13-10-26(11-14-33)9-6-7-17(26)31-24(35)37-25(2,3)4/h8,12,17H,6-7,9-11,13-14H2,1-5H3,(H,31,35). The number of rotatable bonds is 5. The number of carbonyl (C=O) groups is 2. The molecule has 2 aliphatic rings. The molecule has 0 radical (unpaired) electrons. The van der Waals surface area contributed by atoms with E-state index in [1.807, 2.05) is 27.7 Å². The summed E-state index contributed by atoms with van der Waals surface area (Å²) >= 11 is 13.6. The Morgan fingerprint density at radius 3 is 2.55 bits per heavy atom. The number of methoxy groups -OCH3 is 1. The van der Waals surface area contributed by atoms with Crippen LogP contribution >= 0.6 is 35.0 Å². The third kappa shape index (κ3) is 6.29. The predicted octanol–water partition coefficient (Wildman–Crippen LogP) is 6.09. The lowest BCUT2D eigenvalue weighted by Gasteiger charge is -2.44. The molecule has 2 fully saturated rings. The average Bonchev–Trinajstić information content (AvgIpc) is 3.22. The zero-order chi connectivity index (χ0) is 27.7. The zero-order valence-electron chi connectivity index (χ0n) is 22.3. The van der Waals surface area contributed by atoms with Gasteiger partial charge in [-0.05, 0) is 64.9 Å². The summed E-state index contributed by atoms with van der Waals surface area (Å²) in [6, 6.07) is 1.79. The lowest BCUT2D eigenvalue weighted by molar-refractivity contribution is 0.0440. The van der Waals surface area contributed by atoms with Gasteiger partial charge in [0.05, 0.1) is 17.8 Å². The molecule has 206 valence electrons. The van der Waals surface area contributed by atoms with Crippen LogP contribution in [0.15, 0.2) is 22.2 Å². The molecule has 4 rings (SSSR count). The summed E-state index contributed by atoms with van der Waals surface area (Å²) in [5, 5.41) is 4.17. The molecule has 38 heavy (non-hydrogen) atoms. The largest absolute Gasteiger partial charge is 0.464 e. The van der Waals surface area contributed by atoms with E-state index in [0.29, 0.717) is 39.5 Å². The molecule has 1 aliphatic heterocycles. The Labute approximate surface area is 237 Å². The minimum Gasteiger partial charge on any atom is -0.464 e. The molecule has 12 heteroatoms. The maximum atomic E-state index is 12.8. The number of alkyl carbamates (subject to hydrolysis) is 1. The SMILES string of the molecule is COC(=O)c1nc(Sc2ccnc(Cl)c2Cl)c(C)nc1N1CCC2(CCCC2NC(=O)OC(C)(C)C)CC1. The van der Waals surface area contributed by atoms with Gasteiger partial charge in [0.2, 0.25) is 0 Å². The molecule has 1 aliphatic carbocycles. The molecule has 1 saturated heterocycles. The maximum Gasteiger partial charge on any atom is 0.407 e. The Morgan fingerprint density at radius 1 is 1.18 bits per heavy atom. The molecule has 1 amide bonds. The van der Waals surface area contributed by atoms with E-state index >= 15 is 0 Å². The van der Waals surface area contributed by atoms with E-state index in [0.717, 1.165) is 32.1 Å². The highest BCUT2D eigenvalue weighted by Gasteiger charge is 2.46. The van der Waals surface area contributed by atoms with Gasteiger partial charge >= 0.3 is 12.1 Å². The van der Waals surface area contributed by atoms with Crippen molar-refractivity contribution in [3.05, 3.63) is 33.8 Å². The van der Waals surface area contributed by atoms with Crippen molar-refractivity contribution in [2.24, 2.45) is 5.41 Å². The van der Waals surface area contributed by atoms with Crippen LogP contribution in [0.5, 0.6) is 0 Å². The second-order valence-electron chi connectivity index (χ2n) is 10.7. The fraction of sp³-hybridized carbons (Fsp3) is 0.577. The highest BCUT2D eigenvalue weighted by molar-refractivity contribution is 7.99. The number of aryl methyl sites for hydroxylation is 1. The summed E-state index contributed by atoms with van der Waals surface area (Å²) in [5.41, 5.74) is 0.267. The number of pyridine rings is 1. The number of nitrogens with zero attached hydrogens (tertiary/aromatic N) is 4. The highest BCUT2D eigenvalue weighted by atomic mass is 35.5. The quantitative estimate of drug-likeness (QED) is 0.331. The van der Waals surface area contributed by atoms with Gasteiger partial charge in [-0.1, -0.05) is 41.4 Å². The second kappa shape index (κ2) is 11.4. The third-order valence-corrected chi connectivity index (χ3v) is 9.08. The summed E-state index contributed by atoms with van der Waals surface area (Å²) in [5.74, 6) is -0.0547. The minimum atomic E-state index is -0.557. The van der Waals surface area contributed by atoms with Crippen LogP contribution in [-0.2, 0) is 9.47 Å². The molecule has 0 bridgehead atoms. The molecule has 1 spiro atoms. The van der Waals surface area contributed by atoms with Gasteiger partial charge in [-0.3, -0.25) is 0 Å². The first kappa shape index (κ1) is 28.7. The predicted molar refractivity (Wildman–Crippen MR) is 147 cm³/mol. The number of anilines is 1. The summed E-state index contributed by atoms with van der Waals surface area (Å²) in [6.45, 7) is 8.80. The lowest BCUT2D eigenvalue weighted by Crippen LogP contribution is -2.51. The first-order chi connectivity index (χ1) is 17.9. The Balaban J connectivity index is 1.53. The maximum absolute atomic E-state index is 12.8. The topological polar surface area (TPSA) is 107 Å². The highest BCUT2D eigenvalue weighted by Crippen LogP contribution is 2.47. The van der Waals surface area contributed by atoms with Crippen molar-refractivity contribution in [2.75, 3.05) is 25.1 Å². The molecular formula is C26H33Cl2N5O4S. The molecule has 9 nitrogen and oxygen atoms in total. The van der Waals surface area contributed by atoms with E-state index in [-0.39, 0.29) is 28.4 Å². The van der Waals surface area contributed by atoms with Gasteiger partial charge in [-0.25, -0.2) is 24.5 Å². The zero-order valence-corrected chi connectivity index (χ0v) is 24.6. The molecule has 1 N–H and O–H groups in total. The van der Waals surface area contributed by atoms with Crippen LogP contribution in [0, 0.1) is 12.3 Å². The smallest absolute Gasteiger partial charge is 0.407 e. The second-order valence-corrected chi connectivity index (χ2v) is 12.5. The number of amides is 1. The number of hydrogen-bond donors (Lipinski definition) is 1. The summed E-state index contributed by atoms with van der Waals surface area (Å²) in [4.78, 5) is 41.4. The number of ether oxygens (including phenoxy) is 2. The van der Waals surface area contributed by atoms with Crippen molar-refractivity contribution in [1.82, 2.24) is 20.3 Å². The minimum absolute atomic E-state index is 0.00550. The average molecular weight is 583 g/mol. The first-order valence-corrected chi connectivity index (χ1v) is 14.2. The van der Waals surface area contributed by atoms with Crippen molar-refractivity contribution in [3.63, 3.8) is 0 Å². The van der Waals surface area contributed by atoms with Gasteiger partial charge in [0.25, 0.3) is 0 Å². The van der Waals surface area contributed by atoms with Crippen molar-refractivity contribution in [1.29, 1.82) is 0 Å². The fourth-order valence-electron chi connectivity index (χ4n) is 5.20. The Bertz CT molecular complexity index is 1210. The van der Waals surface area contributed by atoms with Crippen molar-refractivity contribution < 1.29 is 19.1 Å². The lowest BCUT2D eigenvalue weighted by atomic mass is 9.74. The summed E-state index contributed by atoms with van der Waals surface area (Å²) in [6.07, 6.45) is 5.93. The van der Waals surface area contributed by atoms with E-state index in [1.54, 1.807) is 12.3 Å². The number of halogens is 2. The van der Waals surface area contributed by atoms with Crippen molar-refractivity contribution in [3.8, 4) is 0 Å². The van der Waals surface area contributed by atoms with Gasteiger partial charge in [-0.2, -0.15) is 0 Å². The van der Waals surface area contributed by atoms with Crippen LogP contribution < -0.4 is 10.2 Å². The van der Waals surface area contributed by atoms with Gasteiger partial charge < -0.3 is 19.7 Å². The van der Waals surface area contributed by atoms with Gasteiger partial charge in [-0.15, -0.1) is 0 Å². The molecule has 2 aromatic heterocycles. The van der Waals surface area contributed by atoms with Crippen LogP contribution in [0.1, 0.15) is 69.1 Å². The molecule has 3 heterocycles. The number of nitrogens with one attached hydrogen (secondary N) is 1. The molecule has 1 saturated carbocycles. The first-order valence-electron chi connectivity index (χ1n) is 12.6. The Morgan fingerprint density at radius 2 is 1.89 bits per heavy atom. The Kier molecular flexibility index (Phi) is 8.64. The molecular weight excluding hydrogens is 549 g/mol. The fourth-order valence-corrected chi connectivity index (χ4v) is 6.50. The van der Waals surface area contributed by atoms with Crippen LogP contribution in [0.4, 0.5) is 10.6 Å². The number of carbonyl (C=O) groups excluding carboxylic acids is 2. The normalized spacial score (nSPS) is 18.9. The van der Waals surface area contributed by atoms with Crippen LogP contribution in [0.3, 0.4) is 0 Å². The molecule has 2 aromatic rings. The van der Waals surface area contributed by atoms with Gasteiger partial charge in [0.1, 0.15) is 15.8 Å². The van der Waals surface area contributed by atoms with E-state index in [2.05, 4.69) is 20.2 Å². The molecule has 0 aromatic carbocycles. The van der Waals surface area contributed by atoms with E-state index < -0.39 is 11.6 Å². The van der Waals surface area contributed by atoms with Gasteiger partial charge in [0, 0.05) is 30.2 Å². The van der Waals surface area contributed by atoms with Gasteiger partial charge in [0.15, 0.2) is 11.5 Å². The van der Waals surface area contributed by atoms with Crippen LogP contribution in [-0.4, -0.2) is 58.9 Å². The summed E-state index contributed by atoms with van der Waals surface area (Å²) < 4.78 is 10.6. The van der Waals surface area contributed by atoms with Crippen molar-refractivity contribution in [2.45, 2.75) is 81.4 Å². The van der Waals surface area contributed by atoms with Crippen LogP contribution in [0.2, 0.25) is 10.2 Å². The van der Waals surface area contributed by atoms with Crippen LogP contribution in [0.25, 0.3) is 0 Å². The van der Waals surface area contributed by atoms with E-state index in [4.69, 9.17) is 37.7 Å². The van der Waals surface area contributed by atoms with E-state index in [1.165, 1.54) is 18.9 Å². The number of hydrogen-bond acceptors (Lipinski definition) is 9. The van der Waals surface area contributed by atoms with Crippen molar-refractivity contribution >= 4 is 52.8 Å². The third-order valence-electron chi connectivity index (χ3n) is 7.06. The van der Waals surface area contributed by atoms with E-state index in [9.17, 15) is 9.59 Å². The number of aromatic nitrogens is 3. The monoisotopic (exact) mass is 581 g/mol. The number of esters is 1. The Hall–Kier alpha value is -2.30. The number of piperidine rings is 1. The summed E-state index contributed by atoms with van der Waals surface area (Å²) in [7, 11) is 1.33.